The molecule has 9 nitrogen and oxygen atoms in total. The zero-order valence-electron chi connectivity index (χ0n) is 22.3. The van der Waals surface area contributed by atoms with Crippen molar-refractivity contribution in [3.05, 3.63) is 35.4 Å². The Balaban J connectivity index is 3.23. The summed E-state index contributed by atoms with van der Waals surface area (Å²) in [6.07, 6.45) is -0.679. The van der Waals surface area contributed by atoms with Crippen LogP contribution in [-0.4, -0.2) is 60.1 Å². The van der Waals surface area contributed by atoms with Crippen LogP contribution in [0.1, 0.15) is 72.1 Å². The highest BCUT2D eigenvalue weighted by atomic mass is 16.6. The Morgan fingerprint density at radius 2 is 1.74 bits per heavy atom. The van der Waals surface area contributed by atoms with Gasteiger partial charge >= 0.3 is 12.1 Å². The fourth-order valence-electron chi connectivity index (χ4n) is 3.52. The fourth-order valence-corrected chi connectivity index (χ4v) is 3.52. The van der Waals surface area contributed by atoms with Crippen molar-refractivity contribution >= 4 is 23.9 Å². The number of carbonyl (C=O) groups is 4. The lowest BCUT2D eigenvalue weighted by atomic mass is 9.98. The summed E-state index contributed by atoms with van der Waals surface area (Å²) in [6.45, 7) is 14.8. The number of carbonyl (C=O) groups excluding carboxylic acids is 4. The topological polar surface area (TPSA) is 114 Å². The molecule has 196 valence electrons. The van der Waals surface area contributed by atoms with Crippen LogP contribution < -0.4 is 10.6 Å². The molecule has 0 aliphatic carbocycles. The van der Waals surface area contributed by atoms with Gasteiger partial charge in [-0.25, -0.2) is 4.79 Å². The Labute approximate surface area is 208 Å². The first-order chi connectivity index (χ1) is 16.3. The van der Waals surface area contributed by atoms with Crippen LogP contribution in [0.25, 0.3) is 0 Å². The lowest BCUT2D eigenvalue weighted by Gasteiger charge is -2.35. The second-order valence-electron chi connectivity index (χ2n) is 9.65. The van der Waals surface area contributed by atoms with E-state index in [1.54, 1.807) is 40.7 Å². The minimum atomic E-state index is -0.948. The van der Waals surface area contributed by atoms with Gasteiger partial charge in [-0.05, 0) is 53.0 Å². The molecule has 2 atom stereocenters. The normalized spacial score (nSPS) is 12.9. The molecule has 0 saturated heterocycles. The van der Waals surface area contributed by atoms with Crippen LogP contribution in [0.3, 0.4) is 0 Å². The van der Waals surface area contributed by atoms with Crippen LogP contribution in [0.15, 0.2) is 24.3 Å². The van der Waals surface area contributed by atoms with Crippen LogP contribution in [0.2, 0.25) is 0 Å². The maximum atomic E-state index is 13.7. The molecule has 35 heavy (non-hydrogen) atoms. The van der Waals surface area contributed by atoms with E-state index in [1.165, 1.54) is 4.90 Å². The molecule has 0 fully saturated rings. The van der Waals surface area contributed by atoms with Gasteiger partial charge in [-0.2, -0.15) is 0 Å². The predicted molar refractivity (Wildman–Crippen MR) is 134 cm³/mol. The number of nitrogens with zero attached hydrogens (tertiary/aromatic N) is 1. The zero-order valence-corrected chi connectivity index (χ0v) is 22.3. The van der Waals surface area contributed by atoms with Crippen molar-refractivity contribution in [2.75, 3.05) is 19.7 Å². The Morgan fingerprint density at radius 1 is 1.09 bits per heavy atom. The first kappa shape index (κ1) is 29.9. The third-order valence-electron chi connectivity index (χ3n) is 5.08. The minimum absolute atomic E-state index is 0.0228. The van der Waals surface area contributed by atoms with Gasteiger partial charge in [-0.15, -0.1) is 0 Å². The number of esters is 1. The number of aryl methyl sites for hydroxylation is 1. The number of benzene rings is 1. The van der Waals surface area contributed by atoms with Gasteiger partial charge in [-0.3, -0.25) is 14.4 Å². The molecule has 0 heterocycles. The van der Waals surface area contributed by atoms with E-state index in [1.807, 2.05) is 39.0 Å². The van der Waals surface area contributed by atoms with Gasteiger partial charge in [0.1, 0.15) is 17.7 Å². The lowest BCUT2D eigenvalue weighted by molar-refractivity contribution is -0.144. The maximum Gasteiger partial charge on any atom is 0.408 e. The maximum absolute atomic E-state index is 13.7. The molecule has 0 aliphatic heterocycles. The number of alkyl carbamates (subject to hydrolysis) is 1. The highest BCUT2D eigenvalue weighted by molar-refractivity contribution is 5.92. The standard InChI is InChI=1S/C26H41N3O6/c1-9-29(24(32)21(17(3)4)28-25(33)35-26(6,7)8)22(19-13-11-12-18(5)16-19)23(31)27-15-14-20(30)34-10-2/h11-13,16-17,21-22H,9-10,14-15H2,1-8H3,(H,27,31)(H,28,33). The van der Waals surface area contributed by atoms with Crippen LogP contribution in [0.4, 0.5) is 4.79 Å². The molecule has 1 aromatic rings. The summed E-state index contributed by atoms with van der Waals surface area (Å²) in [5.74, 6) is -1.49. The number of ether oxygens (including phenoxy) is 2. The zero-order chi connectivity index (χ0) is 26.8. The van der Waals surface area contributed by atoms with Gasteiger partial charge in [0.2, 0.25) is 11.8 Å². The Morgan fingerprint density at radius 3 is 2.26 bits per heavy atom. The van der Waals surface area contributed by atoms with Crippen LogP contribution in [0, 0.1) is 12.8 Å². The van der Waals surface area contributed by atoms with Crippen molar-refractivity contribution in [1.29, 1.82) is 0 Å². The van der Waals surface area contributed by atoms with E-state index < -0.39 is 41.6 Å². The minimum Gasteiger partial charge on any atom is -0.466 e. The molecule has 1 rings (SSSR count). The third kappa shape index (κ3) is 9.96. The Bertz CT molecular complexity index is 878. The molecular weight excluding hydrogens is 450 g/mol. The van der Waals surface area contributed by atoms with Crippen molar-refractivity contribution in [1.82, 2.24) is 15.5 Å². The van der Waals surface area contributed by atoms with Gasteiger partial charge in [-0.1, -0.05) is 43.7 Å². The predicted octanol–water partition coefficient (Wildman–Crippen LogP) is 3.50. The van der Waals surface area contributed by atoms with E-state index in [2.05, 4.69) is 10.6 Å². The molecule has 2 unspecified atom stereocenters. The number of hydrogen-bond acceptors (Lipinski definition) is 6. The summed E-state index contributed by atoms with van der Waals surface area (Å²) in [6, 6.07) is 5.50. The average Bonchev–Trinajstić information content (AvgIpc) is 2.73. The second-order valence-corrected chi connectivity index (χ2v) is 9.65. The SMILES string of the molecule is CCOC(=O)CCNC(=O)C(c1cccc(C)c1)N(CC)C(=O)C(NC(=O)OC(C)(C)C)C(C)C. The summed E-state index contributed by atoms with van der Waals surface area (Å²) < 4.78 is 10.3. The number of amides is 3. The van der Waals surface area contributed by atoms with Gasteiger partial charge in [0, 0.05) is 13.1 Å². The number of likely N-dealkylation sites (N-methyl/N-ethyl adjacent to an activating group) is 1. The van der Waals surface area contributed by atoms with Crippen molar-refractivity contribution in [2.24, 2.45) is 5.92 Å². The summed E-state index contributed by atoms with van der Waals surface area (Å²) >= 11 is 0. The summed E-state index contributed by atoms with van der Waals surface area (Å²) in [5, 5.41) is 5.43. The molecule has 0 aliphatic rings. The Hall–Kier alpha value is -3.10. The molecule has 2 N–H and O–H groups in total. The van der Waals surface area contributed by atoms with Crippen molar-refractivity contribution in [2.45, 2.75) is 79.5 Å². The van der Waals surface area contributed by atoms with Crippen LogP contribution in [-0.2, 0) is 23.9 Å². The monoisotopic (exact) mass is 491 g/mol. The van der Waals surface area contributed by atoms with Crippen molar-refractivity contribution < 1.29 is 28.7 Å². The van der Waals surface area contributed by atoms with Gasteiger partial charge in [0.15, 0.2) is 0 Å². The van der Waals surface area contributed by atoms with Gasteiger partial charge in [0.25, 0.3) is 0 Å². The first-order valence-corrected chi connectivity index (χ1v) is 12.1. The van der Waals surface area contributed by atoms with E-state index in [0.717, 1.165) is 5.56 Å². The molecule has 0 saturated carbocycles. The highest BCUT2D eigenvalue weighted by Gasteiger charge is 2.36. The van der Waals surface area contributed by atoms with Crippen molar-refractivity contribution in [3.63, 3.8) is 0 Å². The van der Waals surface area contributed by atoms with E-state index in [9.17, 15) is 19.2 Å². The summed E-state index contributed by atoms with van der Waals surface area (Å²) in [4.78, 5) is 52.6. The Kier molecular flexibility index (Phi) is 11.7. The first-order valence-electron chi connectivity index (χ1n) is 12.1. The third-order valence-corrected chi connectivity index (χ3v) is 5.08. The molecule has 0 aromatic heterocycles. The molecule has 0 bridgehead atoms. The number of rotatable bonds is 11. The second kappa shape index (κ2) is 13.7. The fraction of sp³-hybridized carbons (Fsp3) is 0.615. The van der Waals surface area contributed by atoms with E-state index in [0.29, 0.717) is 5.56 Å². The van der Waals surface area contributed by atoms with Crippen molar-refractivity contribution in [3.8, 4) is 0 Å². The molecule has 0 radical (unpaired) electrons. The largest absolute Gasteiger partial charge is 0.466 e. The van der Waals surface area contributed by atoms with Crippen LogP contribution >= 0.6 is 0 Å². The smallest absolute Gasteiger partial charge is 0.408 e. The molecule has 3 amide bonds. The quantitative estimate of drug-likeness (QED) is 0.458. The summed E-state index contributed by atoms with van der Waals surface area (Å²) in [7, 11) is 0. The number of nitrogens with one attached hydrogen (secondary N) is 2. The van der Waals surface area contributed by atoms with Gasteiger partial charge in [0.05, 0.1) is 13.0 Å². The van der Waals surface area contributed by atoms with E-state index in [-0.39, 0.29) is 32.0 Å². The molecule has 0 spiro atoms. The number of hydrogen-bond donors (Lipinski definition) is 2. The molecular formula is C26H41N3O6. The molecule has 9 heteroatoms. The van der Waals surface area contributed by atoms with E-state index in [4.69, 9.17) is 9.47 Å². The highest BCUT2D eigenvalue weighted by Crippen LogP contribution is 2.24. The average molecular weight is 492 g/mol. The molecule has 1 aromatic carbocycles. The van der Waals surface area contributed by atoms with E-state index >= 15 is 0 Å². The van der Waals surface area contributed by atoms with Gasteiger partial charge < -0.3 is 25.0 Å². The lowest BCUT2D eigenvalue weighted by Crippen LogP contribution is -2.54. The van der Waals surface area contributed by atoms with Crippen LogP contribution in [0.5, 0.6) is 0 Å². The summed E-state index contributed by atoms with van der Waals surface area (Å²) in [5.41, 5.74) is 0.846.